The summed E-state index contributed by atoms with van der Waals surface area (Å²) in [5.74, 6) is -1.57. The summed E-state index contributed by atoms with van der Waals surface area (Å²) in [7, 11) is 0. The first kappa shape index (κ1) is 14.7. The minimum Gasteiger partial charge on any atom is -0.480 e. The summed E-state index contributed by atoms with van der Waals surface area (Å²) in [4.78, 5) is 22.8. The van der Waals surface area contributed by atoms with Crippen molar-refractivity contribution in [3.63, 3.8) is 0 Å². The monoisotopic (exact) mass is 315 g/mol. The number of benzene rings is 1. The van der Waals surface area contributed by atoms with Crippen molar-refractivity contribution in [3.8, 4) is 0 Å². The Balaban J connectivity index is 2.72. The Bertz CT molecular complexity index is 436. The van der Waals surface area contributed by atoms with Crippen LogP contribution in [0, 0.1) is 0 Å². The van der Waals surface area contributed by atoms with E-state index >= 15 is 0 Å². The fraction of sp³-hybridized carbons (Fsp3) is 0.333. The van der Waals surface area contributed by atoms with Gasteiger partial charge in [-0.2, -0.15) is 0 Å². The third-order valence-corrected chi connectivity index (χ3v) is 2.90. The third-order valence-electron chi connectivity index (χ3n) is 2.21. The maximum Gasteiger partial charge on any atom is 0.328 e. The Morgan fingerprint density at radius 1 is 1.44 bits per heavy atom. The highest BCUT2D eigenvalue weighted by Gasteiger charge is 2.21. The summed E-state index contributed by atoms with van der Waals surface area (Å²) in [5, 5.41) is 11.4. The number of aliphatic carboxylic acids is 1. The predicted octanol–water partition coefficient (Wildman–Crippen LogP) is 1.67. The molecule has 2 N–H and O–H groups in total. The molecule has 0 spiro atoms. The fourth-order valence-corrected chi connectivity index (χ4v) is 1.76. The number of carbonyl (C=O) groups excluding carboxylic acids is 1. The van der Waals surface area contributed by atoms with E-state index in [1.54, 1.807) is 31.2 Å². The Morgan fingerprint density at radius 3 is 2.67 bits per heavy atom. The number of nitrogens with one attached hydrogen (secondary N) is 1. The summed E-state index contributed by atoms with van der Waals surface area (Å²) < 4.78 is 5.63. The lowest BCUT2D eigenvalue weighted by Gasteiger charge is -2.14. The lowest BCUT2D eigenvalue weighted by Crippen LogP contribution is -2.44. The van der Waals surface area contributed by atoms with Crippen LogP contribution in [0.25, 0.3) is 0 Å². The zero-order chi connectivity index (χ0) is 13.5. The highest BCUT2D eigenvalue weighted by molar-refractivity contribution is 9.10. The van der Waals surface area contributed by atoms with Crippen LogP contribution in [0.5, 0.6) is 0 Å². The molecule has 1 rings (SSSR count). The van der Waals surface area contributed by atoms with E-state index in [-0.39, 0.29) is 6.61 Å². The number of ether oxygens (including phenoxy) is 1. The first-order valence-corrected chi connectivity index (χ1v) is 6.21. The molecule has 0 fully saturated rings. The van der Waals surface area contributed by atoms with Crippen molar-refractivity contribution in [1.82, 2.24) is 5.32 Å². The highest BCUT2D eigenvalue weighted by Crippen LogP contribution is 2.15. The second-order valence-corrected chi connectivity index (χ2v) is 4.36. The Labute approximate surface area is 113 Å². The van der Waals surface area contributed by atoms with E-state index in [0.717, 1.165) is 0 Å². The van der Waals surface area contributed by atoms with E-state index in [9.17, 15) is 9.59 Å². The molecule has 0 aliphatic heterocycles. The first-order valence-electron chi connectivity index (χ1n) is 5.42. The smallest absolute Gasteiger partial charge is 0.328 e. The fourth-order valence-electron chi connectivity index (χ4n) is 1.29. The van der Waals surface area contributed by atoms with Crippen LogP contribution in [0.1, 0.15) is 17.3 Å². The van der Waals surface area contributed by atoms with Crippen LogP contribution in [-0.4, -0.2) is 36.2 Å². The zero-order valence-corrected chi connectivity index (χ0v) is 11.4. The van der Waals surface area contributed by atoms with Crippen LogP contribution in [-0.2, 0) is 9.53 Å². The Kier molecular flexibility index (Phi) is 5.80. The summed E-state index contributed by atoms with van der Waals surface area (Å²) in [5.41, 5.74) is 0.389. The molecule has 1 atom stereocenters. The maximum atomic E-state index is 11.9. The first-order chi connectivity index (χ1) is 8.56. The van der Waals surface area contributed by atoms with Crippen LogP contribution in [0.2, 0.25) is 0 Å². The van der Waals surface area contributed by atoms with Gasteiger partial charge in [-0.15, -0.1) is 0 Å². The van der Waals surface area contributed by atoms with Crippen LogP contribution in [0.3, 0.4) is 0 Å². The van der Waals surface area contributed by atoms with Crippen molar-refractivity contribution in [2.45, 2.75) is 13.0 Å². The lowest BCUT2D eigenvalue weighted by atomic mass is 10.2. The van der Waals surface area contributed by atoms with Gasteiger partial charge in [0.1, 0.15) is 0 Å². The van der Waals surface area contributed by atoms with Gasteiger partial charge in [0.2, 0.25) is 0 Å². The molecule has 5 nitrogen and oxygen atoms in total. The van der Waals surface area contributed by atoms with Gasteiger partial charge in [-0.25, -0.2) is 4.79 Å². The minimum atomic E-state index is -1.12. The van der Waals surface area contributed by atoms with Gasteiger partial charge in [0.15, 0.2) is 6.04 Å². The number of carboxylic acid groups (broad SMARTS) is 1. The molecule has 0 unspecified atom stereocenters. The number of hydrogen-bond acceptors (Lipinski definition) is 3. The number of carbonyl (C=O) groups is 2. The predicted molar refractivity (Wildman–Crippen MR) is 69.5 cm³/mol. The molecule has 0 aliphatic carbocycles. The van der Waals surface area contributed by atoms with Gasteiger partial charge >= 0.3 is 5.97 Å². The van der Waals surface area contributed by atoms with Gasteiger partial charge < -0.3 is 15.2 Å². The largest absolute Gasteiger partial charge is 0.480 e. The molecular weight excluding hydrogens is 302 g/mol. The van der Waals surface area contributed by atoms with Gasteiger partial charge in [0.05, 0.1) is 12.2 Å². The molecule has 98 valence electrons. The maximum absolute atomic E-state index is 11.9. The van der Waals surface area contributed by atoms with Gasteiger partial charge in [0.25, 0.3) is 5.91 Å². The van der Waals surface area contributed by atoms with Crippen LogP contribution in [0.4, 0.5) is 0 Å². The van der Waals surface area contributed by atoms with Crippen molar-refractivity contribution >= 4 is 27.8 Å². The van der Waals surface area contributed by atoms with Crippen molar-refractivity contribution in [3.05, 3.63) is 34.3 Å². The molecule has 0 heterocycles. The van der Waals surface area contributed by atoms with E-state index in [4.69, 9.17) is 9.84 Å². The molecule has 0 aromatic heterocycles. The quantitative estimate of drug-likeness (QED) is 0.837. The van der Waals surface area contributed by atoms with Crippen LogP contribution >= 0.6 is 15.9 Å². The average molecular weight is 316 g/mol. The van der Waals surface area contributed by atoms with E-state index in [0.29, 0.717) is 16.6 Å². The van der Waals surface area contributed by atoms with E-state index in [2.05, 4.69) is 21.2 Å². The summed E-state index contributed by atoms with van der Waals surface area (Å²) >= 11 is 3.24. The van der Waals surface area contributed by atoms with Crippen molar-refractivity contribution in [1.29, 1.82) is 0 Å². The molecule has 0 radical (unpaired) electrons. The van der Waals surface area contributed by atoms with Gasteiger partial charge in [-0.05, 0) is 35.0 Å². The normalized spacial score (nSPS) is 11.9. The Hall–Kier alpha value is -1.40. The second kappa shape index (κ2) is 7.13. The molecule has 1 aromatic carbocycles. The average Bonchev–Trinajstić information content (AvgIpc) is 2.34. The van der Waals surface area contributed by atoms with Crippen LogP contribution < -0.4 is 5.32 Å². The van der Waals surface area contributed by atoms with Crippen molar-refractivity contribution in [2.75, 3.05) is 13.2 Å². The van der Waals surface area contributed by atoms with Gasteiger partial charge in [-0.3, -0.25) is 4.79 Å². The number of rotatable bonds is 6. The lowest BCUT2D eigenvalue weighted by molar-refractivity contribution is -0.140. The molecular formula is C12H14BrNO4. The van der Waals surface area contributed by atoms with Gasteiger partial charge in [0, 0.05) is 11.1 Å². The highest BCUT2D eigenvalue weighted by atomic mass is 79.9. The SMILES string of the molecule is CCOC[C@H](NC(=O)c1ccccc1Br)C(=O)O. The molecule has 0 saturated carbocycles. The molecule has 0 aliphatic rings. The number of hydrogen-bond donors (Lipinski definition) is 2. The molecule has 6 heteroatoms. The second-order valence-electron chi connectivity index (χ2n) is 3.50. The zero-order valence-electron chi connectivity index (χ0n) is 9.85. The Morgan fingerprint density at radius 2 is 2.11 bits per heavy atom. The molecule has 18 heavy (non-hydrogen) atoms. The topological polar surface area (TPSA) is 75.6 Å². The third kappa shape index (κ3) is 4.12. The molecule has 1 aromatic rings. The van der Waals surface area contributed by atoms with Gasteiger partial charge in [-0.1, -0.05) is 12.1 Å². The van der Waals surface area contributed by atoms with Crippen molar-refractivity contribution in [2.24, 2.45) is 0 Å². The van der Waals surface area contributed by atoms with E-state index in [1.165, 1.54) is 0 Å². The molecule has 0 saturated heterocycles. The number of halogens is 1. The van der Waals surface area contributed by atoms with Crippen molar-refractivity contribution < 1.29 is 19.4 Å². The summed E-state index contributed by atoms with van der Waals surface area (Å²) in [6.07, 6.45) is 0. The summed E-state index contributed by atoms with van der Waals surface area (Å²) in [6.45, 7) is 2.10. The molecule has 0 bridgehead atoms. The number of amides is 1. The minimum absolute atomic E-state index is 0.0535. The number of carboxylic acids is 1. The van der Waals surface area contributed by atoms with Crippen LogP contribution in [0.15, 0.2) is 28.7 Å². The standard InChI is InChI=1S/C12H14BrNO4/c1-2-18-7-10(12(16)17)14-11(15)8-5-3-4-6-9(8)13/h3-6,10H,2,7H2,1H3,(H,14,15)(H,16,17)/t10-/m0/s1. The van der Waals surface area contributed by atoms with E-state index in [1.807, 2.05) is 0 Å². The van der Waals surface area contributed by atoms with E-state index < -0.39 is 17.9 Å². The summed E-state index contributed by atoms with van der Waals surface area (Å²) in [6, 6.07) is 5.75. The molecule has 1 amide bonds.